The Labute approximate surface area is 186 Å². The molecule has 0 aliphatic heterocycles. The number of aryl methyl sites for hydroxylation is 1. The zero-order valence-electron chi connectivity index (χ0n) is 18.2. The molecule has 0 fully saturated rings. The van der Waals surface area contributed by atoms with Crippen LogP contribution >= 0.6 is 11.8 Å². The van der Waals surface area contributed by atoms with E-state index in [1.807, 2.05) is 23.7 Å². The second-order valence-corrected chi connectivity index (χ2v) is 9.45. The Kier molecular flexibility index (Phi) is 6.18. The van der Waals surface area contributed by atoms with E-state index in [9.17, 15) is 0 Å². The van der Waals surface area contributed by atoms with E-state index in [0.29, 0.717) is 11.7 Å². The first kappa shape index (κ1) is 21.2. The quantitative estimate of drug-likeness (QED) is 0.301. The van der Waals surface area contributed by atoms with Gasteiger partial charge in [0.25, 0.3) is 0 Å². The van der Waals surface area contributed by atoms with Gasteiger partial charge in [0.15, 0.2) is 11.0 Å². The maximum absolute atomic E-state index is 5.37. The Hall–Kier alpha value is -3.00. The van der Waals surface area contributed by atoms with Crippen molar-refractivity contribution in [3.05, 3.63) is 60.2 Å². The highest BCUT2D eigenvalue weighted by atomic mass is 32.2. The summed E-state index contributed by atoms with van der Waals surface area (Å²) >= 11 is 1.68. The maximum Gasteiger partial charge on any atom is 0.226 e. The summed E-state index contributed by atoms with van der Waals surface area (Å²) in [5.74, 6) is 3.01. The molecular weight excluding hydrogens is 408 g/mol. The lowest BCUT2D eigenvalue weighted by Gasteiger charge is -2.19. The molecule has 31 heavy (non-hydrogen) atoms. The van der Waals surface area contributed by atoms with Crippen LogP contribution in [0.1, 0.15) is 38.6 Å². The van der Waals surface area contributed by atoms with Crippen LogP contribution in [0, 0.1) is 0 Å². The molecule has 0 unspecified atom stereocenters. The summed E-state index contributed by atoms with van der Waals surface area (Å²) in [7, 11) is 2.01. The number of aromatic nitrogens is 6. The van der Waals surface area contributed by atoms with Gasteiger partial charge in [0.2, 0.25) is 11.7 Å². The molecular formula is C23H26N6OS. The first-order chi connectivity index (χ1) is 14.9. The Morgan fingerprint density at radius 1 is 0.968 bits per heavy atom. The third-order valence-electron chi connectivity index (χ3n) is 5.02. The van der Waals surface area contributed by atoms with Gasteiger partial charge in [-0.1, -0.05) is 62.0 Å². The van der Waals surface area contributed by atoms with E-state index >= 15 is 0 Å². The van der Waals surface area contributed by atoms with Crippen molar-refractivity contribution in [1.82, 2.24) is 29.9 Å². The van der Waals surface area contributed by atoms with Gasteiger partial charge in [-0.15, -0.1) is 10.2 Å². The second-order valence-electron chi connectivity index (χ2n) is 8.39. The molecule has 3 aromatic heterocycles. The number of benzene rings is 1. The van der Waals surface area contributed by atoms with Gasteiger partial charge in [0.1, 0.15) is 0 Å². The lowest BCUT2D eigenvalue weighted by Crippen LogP contribution is -2.10. The largest absolute Gasteiger partial charge is 0.339 e. The third kappa shape index (κ3) is 5.02. The summed E-state index contributed by atoms with van der Waals surface area (Å²) in [4.78, 5) is 8.47. The van der Waals surface area contributed by atoms with Gasteiger partial charge in [-0.3, -0.25) is 4.98 Å². The zero-order chi connectivity index (χ0) is 21.8. The molecule has 4 rings (SSSR count). The highest BCUT2D eigenvalue weighted by molar-refractivity contribution is 7.99. The molecule has 0 radical (unpaired) electrons. The molecule has 0 atom stereocenters. The van der Waals surface area contributed by atoms with Crippen molar-refractivity contribution in [2.75, 3.05) is 5.75 Å². The zero-order valence-corrected chi connectivity index (χ0v) is 19.1. The first-order valence-corrected chi connectivity index (χ1v) is 11.3. The van der Waals surface area contributed by atoms with Gasteiger partial charge >= 0.3 is 0 Å². The monoisotopic (exact) mass is 434 g/mol. The minimum atomic E-state index is 0.136. The molecule has 0 spiro atoms. The lowest BCUT2D eigenvalue weighted by molar-refractivity contribution is 0.378. The Bertz CT molecular complexity index is 1130. The van der Waals surface area contributed by atoms with Gasteiger partial charge in [0, 0.05) is 42.7 Å². The SMILES string of the molecule is Cn1c(SCCCc2nc(-c3ccncc3)no2)nnc1-c1ccc(C(C)(C)C)cc1. The van der Waals surface area contributed by atoms with Crippen molar-refractivity contribution < 1.29 is 4.52 Å². The topological polar surface area (TPSA) is 82.5 Å². The molecule has 0 bridgehead atoms. The van der Waals surface area contributed by atoms with Crippen LogP contribution in [0.3, 0.4) is 0 Å². The van der Waals surface area contributed by atoms with Gasteiger partial charge < -0.3 is 9.09 Å². The minimum absolute atomic E-state index is 0.136. The lowest BCUT2D eigenvalue weighted by atomic mass is 9.87. The Morgan fingerprint density at radius 2 is 1.71 bits per heavy atom. The standard InChI is InChI=1S/C23H26N6OS/c1-23(2,3)18-9-7-17(8-10-18)21-26-27-22(29(21)4)31-15-5-6-19-25-20(28-30-19)16-11-13-24-14-12-16/h7-14H,5-6,15H2,1-4H3. The summed E-state index contributed by atoms with van der Waals surface area (Å²) in [6.45, 7) is 6.65. The van der Waals surface area contributed by atoms with E-state index in [1.165, 1.54) is 5.56 Å². The van der Waals surface area contributed by atoms with Crippen molar-refractivity contribution in [1.29, 1.82) is 0 Å². The molecule has 0 saturated carbocycles. The molecule has 7 nitrogen and oxygen atoms in total. The summed E-state index contributed by atoms with van der Waals surface area (Å²) in [6.07, 6.45) is 5.07. The number of pyridine rings is 1. The predicted octanol–water partition coefficient (Wildman–Crippen LogP) is 4.95. The van der Waals surface area contributed by atoms with Crippen molar-refractivity contribution in [2.45, 2.75) is 44.2 Å². The smallest absolute Gasteiger partial charge is 0.226 e. The first-order valence-electron chi connectivity index (χ1n) is 10.3. The van der Waals surface area contributed by atoms with Crippen LogP contribution in [0.15, 0.2) is 58.5 Å². The average molecular weight is 435 g/mol. The fourth-order valence-corrected chi connectivity index (χ4v) is 4.02. The highest BCUT2D eigenvalue weighted by Crippen LogP contribution is 2.27. The molecule has 8 heteroatoms. The summed E-state index contributed by atoms with van der Waals surface area (Å²) in [6, 6.07) is 12.3. The van der Waals surface area contributed by atoms with E-state index in [2.05, 4.69) is 70.4 Å². The average Bonchev–Trinajstić information content (AvgIpc) is 3.38. The number of rotatable bonds is 7. The van der Waals surface area contributed by atoms with Crippen LogP contribution in [0.4, 0.5) is 0 Å². The molecule has 0 N–H and O–H groups in total. The van der Waals surface area contributed by atoms with Crippen molar-refractivity contribution in [3.8, 4) is 22.8 Å². The fourth-order valence-electron chi connectivity index (χ4n) is 3.17. The van der Waals surface area contributed by atoms with E-state index in [0.717, 1.165) is 40.7 Å². The summed E-state index contributed by atoms with van der Waals surface area (Å²) in [5.41, 5.74) is 3.42. The molecule has 3 heterocycles. The normalized spacial score (nSPS) is 11.7. The molecule has 160 valence electrons. The second kappa shape index (κ2) is 9.01. The third-order valence-corrected chi connectivity index (χ3v) is 6.12. The molecule has 0 aliphatic carbocycles. The highest BCUT2D eigenvalue weighted by Gasteiger charge is 2.16. The van der Waals surface area contributed by atoms with E-state index < -0.39 is 0 Å². The molecule has 0 amide bonds. The van der Waals surface area contributed by atoms with Gasteiger partial charge in [0.05, 0.1) is 0 Å². The van der Waals surface area contributed by atoms with Crippen LogP contribution in [0.2, 0.25) is 0 Å². The van der Waals surface area contributed by atoms with Gasteiger partial charge in [-0.2, -0.15) is 4.98 Å². The van der Waals surface area contributed by atoms with Gasteiger partial charge in [-0.05, 0) is 29.5 Å². The maximum atomic E-state index is 5.37. The van der Waals surface area contributed by atoms with E-state index in [4.69, 9.17) is 4.52 Å². The summed E-state index contributed by atoms with van der Waals surface area (Å²) in [5, 5.41) is 13.7. The number of nitrogens with zero attached hydrogens (tertiary/aromatic N) is 6. The molecule has 0 saturated heterocycles. The number of hydrogen-bond acceptors (Lipinski definition) is 7. The van der Waals surface area contributed by atoms with Crippen molar-refractivity contribution in [2.24, 2.45) is 7.05 Å². The molecule has 4 aromatic rings. The number of hydrogen-bond donors (Lipinski definition) is 0. The fraction of sp³-hybridized carbons (Fsp3) is 0.348. The Morgan fingerprint density at radius 3 is 2.42 bits per heavy atom. The molecule has 1 aromatic carbocycles. The summed E-state index contributed by atoms with van der Waals surface area (Å²) < 4.78 is 7.41. The Balaban J connectivity index is 1.32. The van der Waals surface area contributed by atoms with E-state index in [-0.39, 0.29) is 5.41 Å². The van der Waals surface area contributed by atoms with Crippen LogP contribution in [0.5, 0.6) is 0 Å². The van der Waals surface area contributed by atoms with Crippen LogP contribution < -0.4 is 0 Å². The van der Waals surface area contributed by atoms with Crippen LogP contribution in [0.25, 0.3) is 22.8 Å². The van der Waals surface area contributed by atoms with Crippen molar-refractivity contribution in [3.63, 3.8) is 0 Å². The van der Waals surface area contributed by atoms with Crippen molar-refractivity contribution >= 4 is 11.8 Å². The minimum Gasteiger partial charge on any atom is -0.339 e. The van der Waals surface area contributed by atoms with Crippen LogP contribution in [-0.2, 0) is 18.9 Å². The van der Waals surface area contributed by atoms with Gasteiger partial charge in [-0.25, -0.2) is 0 Å². The van der Waals surface area contributed by atoms with E-state index in [1.54, 1.807) is 24.2 Å². The molecule has 0 aliphatic rings. The predicted molar refractivity (Wildman–Crippen MR) is 122 cm³/mol. The number of thioether (sulfide) groups is 1. The van der Waals surface area contributed by atoms with Crippen LogP contribution in [-0.4, -0.2) is 35.6 Å².